The van der Waals surface area contributed by atoms with Crippen molar-refractivity contribution >= 4 is 49.3 Å². The monoisotopic (exact) mass is 457 g/mol. The van der Waals surface area contributed by atoms with Gasteiger partial charge in [-0.1, -0.05) is 26.8 Å². The summed E-state index contributed by atoms with van der Waals surface area (Å²) in [7, 11) is -4.01. The fourth-order valence-corrected chi connectivity index (χ4v) is 5.81. The zero-order valence-electron chi connectivity index (χ0n) is 17.4. The summed E-state index contributed by atoms with van der Waals surface area (Å²) in [5.41, 5.74) is 2.30. The normalized spacial score (nSPS) is 13.3. The molecule has 0 fully saturated rings. The Morgan fingerprint density at radius 2 is 1.84 bits per heavy atom. The van der Waals surface area contributed by atoms with E-state index in [0.29, 0.717) is 16.6 Å². The first-order chi connectivity index (χ1) is 14.7. The van der Waals surface area contributed by atoms with Gasteiger partial charge in [-0.2, -0.15) is 4.72 Å². The number of nitrogens with one attached hydrogen (secondary N) is 1. The quantitative estimate of drug-likeness (QED) is 0.394. The van der Waals surface area contributed by atoms with Gasteiger partial charge in [0, 0.05) is 20.5 Å². The molecule has 0 amide bonds. The van der Waals surface area contributed by atoms with Crippen molar-refractivity contribution in [2.24, 2.45) is 5.92 Å². The first kappa shape index (κ1) is 21.5. The number of aryl methyl sites for hydroxylation is 1. The molecule has 0 saturated heterocycles. The van der Waals surface area contributed by atoms with Crippen molar-refractivity contribution in [1.29, 1.82) is 0 Å². The predicted octanol–water partition coefficient (Wildman–Crippen LogP) is 5.26. The number of carboxylic acids is 1. The van der Waals surface area contributed by atoms with E-state index in [-0.39, 0.29) is 4.90 Å². The zero-order chi connectivity index (χ0) is 22.3. The Morgan fingerprint density at radius 3 is 2.48 bits per heavy atom. The number of benzene rings is 2. The number of sulfonamides is 1. The van der Waals surface area contributed by atoms with E-state index in [4.69, 9.17) is 4.42 Å². The molecule has 2 N–H and O–H groups in total. The molecule has 4 aromatic rings. The van der Waals surface area contributed by atoms with Crippen LogP contribution in [0, 0.1) is 5.92 Å². The van der Waals surface area contributed by atoms with Crippen LogP contribution in [0.25, 0.3) is 32.4 Å². The highest BCUT2D eigenvalue weighted by Crippen LogP contribution is 2.35. The number of furan rings is 1. The van der Waals surface area contributed by atoms with Gasteiger partial charge in [0.15, 0.2) is 0 Å². The first-order valence-corrected chi connectivity index (χ1v) is 12.3. The van der Waals surface area contributed by atoms with Gasteiger partial charge in [-0.25, -0.2) is 8.42 Å². The molecule has 2 aromatic heterocycles. The average Bonchev–Trinajstić information content (AvgIpc) is 3.35. The molecular formula is C23H23NO5S2. The second-order valence-electron chi connectivity index (χ2n) is 7.77. The molecule has 0 aliphatic heterocycles. The summed E-state index contributed by atoms with van der Waals surface area (Å²) in [5, 5.41) is 10.8. The molecule has 31 heavy (non-hydrogen) atoms. The molecule has 1 atom stereocenters. The van der Waals surface area contributed by atoms with Crippen molar-refractivity contribution in [1.82, 2.24) is 4.72 Å². The van der Waals surface area contributed by atoms with Crippen LogP contribution in [-0.2, 0) is 21.2 Å². The summed E-state index contributed by atoms with van der Waals surface area (Å²) in [6, 6.07) is 13.5. The number of hydrogen-bond donors (Lipinski definition) is 2. The standard InChI is InChI=1S/C23H23NO5S2/c1-4-15-6-10-21(30-15)14-5-8-17-18-12-16(7-9-19(18)29-20(17)11-14)31(27,28)24-22(13(2)3)23(25)26/h5-13,22,24H,4H2,1-3H3,(H,25,26)/t22-/m1/s1. The minimum Gasteiger partial charge on any atom is -0.480 e. The van der Waals surface area contributed by atoms with E-state index in [9.17, 15) is 18.3 Å². The smallest absolute Gasteiger partial charge is 0.322 e. The topological polar surface area (TPSA) is 96.6 Å². The van der Waals surface area contributed by atoms with Crippen molar-refractivity contribution in [3.8, 4) is 10.4 Å². The van der Waals surface area contributed by atoms with Gasteiger partial charge >= 0.3 is 5.97 Å². The van der Waals surface area contributed by atoms with E-state index in [1.165, 1.54) is 17.0 Å². The maximum Gasteiger partial charge on any atom is 0.322 e. The van der Waals surface area contributed by atoms with Gasteiger partial charge in [0.1, 0.15) is 17.2 Å². The SMILES string of the molecule is CCc1ccc(-c2ccc3c(c2)oc2ccc(S(=O)(=O)N[C@@H](C(=O)O)C(C)C)cc23)s1. The van der Waals surface area contributed by atoms with Gasteiger partial charge in [0.2, 0.25) is 10.0 Å². The molecule has 0 saturated carbocycles. The lowest BCUT2D eigenvalue weighted by Crippen LogP contribution is -2.44. The fourth-order valence-electron chi connectivity index (χ4n) is 3.51. The molecular weight excluding hydrogens is 434 g/mol. The Hall–Kier alpha value is -2.68. The van der Waals surface area contributed by atoms with E-state index in [1.807, 2.05) is 18.2 Å². The fraction of sp³-hybridized carbons (Fsp3) is 0.261. The van der Waals surface area contributed by atoms with E-state index in [1.54, 1.807) is 31.3 Å². The van der Waals surface area contributed by atoms with Gasteiger partial charge in [-0.15, -0.1) is 11.3 Å². The van der Waals surface area contributed by atoms with Crippen LogP contribution in [0.4, 0.5) is 0 Å². The molecule has 2 heterocycles. The lowest BCUT2D eigenvalue weighted by Gasteiger charge is -2.17. The predicted molar refractivity (Wildman–Crippen MR) is 123 cm³/mol. The van der Waals surface area contributed by atoms with E-state index < -0.39 is 28.0 Å². The van der Waals surface area contributed by atoms with Crippen LogP contribution in [0.15, 0.2) is 57.8 Å². The summed E-state index contributed by atoms with van der Waals surface area (Å²) < 4.78 is 33.9. The van der Waals surface area contributed by atoms with Gasteiger partial charge in [0.05, 0.1) is 4.90 Å². The van der Waals surface area contributed by atoms with Crippen LogP contribution in [0.3, 0.4) is 0 Å². The molecule has 4 rings (SSSR count). The summed E-state index contributed by atoms with van der Waals surface area (Å²) in [5.74, 6) is -1.60. The number of carbonyl (C=O) groups is 1. The zero-order valence-corrected chi connectivity index (χ0v) is 19.0. The second kappa shape index (κ2) is 8.11. The van der Waals surface area contributed by atoms with Gasteiger partial charge < -0.3 is 9.52 Å². The summed E-state index contributed by atoms with van der Waals surface area (Å²) >= 11 is 1.74. The molecule has 0 bridgehead atoms. The number of hydrogen-bond acceptors (Lipinski definition) is 5. The van der Waals surface area contributed by atoms with Crippen molar-refractivity contribution in [2.75, 3.05) is 0 Å². The van der Waals surface area contributed by atoms with Crippen LogP contribution in [0.5, 0.6) is 0 Å². The minimum absolute atomic E-state index is 0.00419. The van der Waals surface area contributed by atoms with Crippen LogP contribution >= 0.6 is 11.3 Å². The molecule has 0 aliphatic carbocycles. The highest BCUT2D eigenvalue weighted by molar-refractivity contribution is 7.89. The molecule has 8 heteroatoms. The maximum absolute atomic E-state index is 12.8. The Bertz CT molecular complexity index is 1380. The van der Waals surface area contributed by atoms with E-state index >= 15 is 0 Å². The second-order valence-corrected chi connectivity index (χ2v) is 10.7. The van der Waals surface area contributed by atoms with Crippen molar-refractivity contribution in [3.05, 3.63) is 53.4 Å². The van der Waals surface area contributed by atoms with Gasteiger partial charge in [-0.3, -0.25) is 4.79 Å². The maximum atomic E-state index is 12.8. The van der Waals surface area contributed by atoms with Crippen LogP contribution < -0.4 is 4.72 Å². The Balaban J connectivity index is 1.75. The largest absolute Gasteiger partial charge is 0.480 e. The third kappa shape index (κ3) is 4.11. The molecule has 6 nitrogen and oxygen atoms in total. The number of aliphatic carboxylic acids is 1. The summed E-state index contributed by atoms with van der Waals surface area (Å²) in [4.78, 5) is 13.9. The summed E-state index contributed by atoms with van der Waals surface area (Å²) in [6.45, 7) is 5.43. The van der Waals surface area contributed by atoms with Crippen molar-refractivity contribution in [3.63, 3.8) is 0 Å². The minimum atomic E-state index is -4.01. The van der Waals surface area contributed by atoms with Crippen LogP contribution in [0.1, 0.15) is 25.6 Å². The Morgan fingerprint density at radius 1 is 1.06 bits per heavy atom. The molecule has 0 unspecified atom stereocenters. The molecule has 0 spiro atoms. The van der Waals surface area contributed by atoms with Crippen LogP contribution in [-0.4, -0.2) is 25.5 Å². The molecule has 162 valence electrons. The summed E-state index contributed by atoms with van der Waals surface area (Å²) in [6.07, 6.45) is 0.988. The Labute approximate surface area is 184 Å². The number of fused-ring (bicyclic) bond motifs is 3. The number of thiophene rings is 1. The highest BCUT2D eigenvalue weighted by atomic mass is 32.2. The Kier molecular flexibility index (Phi) is 5.63. The average molecular weight is 458 g/mol. The van der Waals surface area contributed by atoms with Gasteiger partial charge in [0.25, 0.3) is 0 Å². The molecule has 2 aromatic carbocycles. The van der Waals surface area contributed by atoms with E-state index in [0.717, 1.165) is 22.2 Å². The third-order valence-corrected chi connectivity index (χ3v) is 7.98. The lowest BCUT2D eigenvalue weighted by molar-refractivity contribution is -0.140. The third-order valence-electron chi connectivity index (χ3n) is 5.26. The van der Waals surface area contributed by atoms with Crippen molar-refractivity contribution < 1.29 is 22.7 Å². The van der Waals surface area contributed by atoms with Crippen LogP contribution in [0.2, 0.25) is 0 Å². The van der Waals surface area contributed by atoms with Crippen molar-refractivity contribution in [2.45, 2.75) is 38.1 Å². The van der Waals surface area contributed by atoms with Gasteiger partial charge in [-0.05, 0) is 60.4 Å². The highest BCUT2D eigenvalue weighted by Gasteiger charge is 2.28. The lowest BCUT2D eigenvalue weighted by atomic mass is 10.1. The number of rotatable bonds is 7. The molecule has 0 aliphatic rings. The first-order valence-electron chi connectivity index (χ1n) is 10.00. The number of carboxylic acid groups (broad SMARTS) is 1. The molecule has 0 radical (unpaired) electrons. The van der Waals surface area contributed by atoms with E-state index in [2.05, 4.69) is 23.8 Å².